The number of aliphatic hydroxyl groups excluding tert-OH is 1. The molecule has 1 N–H and O–H groups in total. The van der Waals surface area contributed by atoms with Crippen molar-refractivity contribution in [1.29, 1.82) is 0 Å². The smallest absolute Gasteiger partial charge is 0.125 e. The van der Waals surface area contributed by atoms with E-state index in [-0.39, 0.29) is 6.61 Å². The number of rotatable bonds is 2. The number of aliphatic hydroxyl groups is 1. The summed E-state index contributed by atoms with van der Waals surface area (Å²) in [6, 6.07) is 1.94. The fourth-order valence-electron chi connectivity index (χ4n) is 0.951. The van der Waals surface area contributed by atoms with Crippen LogP contribution in [0.2, 0.25) is 4.34 Å². The second-order valence-corrected chi connectivity index (χ2v) is 5.03. The third-order valence-corrected chi connectivity index (χ3v) is 3.74. The predicted molar refractivity (Wildman–Crippen MR) is 56.4 cm³/mol. The van der Waals surface area contributed by atoms with Crippen molar-refractivity contribution in [2.75, 3.05) is 0 Å². The molecule has 0 amide bonds. The van der Waals surface area contributed by atoms with Crippen molar-refractivity contribution in [3.8, 4) is 10.6 Å². The highest BCUT2D eigenvalue weighted by molar-refractivity contribution is 7.17. The minimum Gasteiger partial charge on any atom is -0.391 e. The highest BCUT2D eigenvalue weighted by atomic mass is 35.5. The monoisotopic (exact) mass is 231 g/mol. The first kappa shape index (κ1) is 9.15. The van der Waals surface area contributed by atoms with Crippen molar-refractivity contribution in [1.82, 2.24) is 4.98 Å². The van der Waals surface area contributed by atoms with Gasteiger partial charge in [-0.05, 0) is 11.4 Å². The standard InChI is InChI=1S/C8H6ClNOS2/c9-7-6(1-2-12-7)8-10-3-5(4-11)13-8/h1-3,11H,4H2. The summed E-state index contributed by atoms with van der Waals surface area (Å²) in [7, 11) is 0. The van der Waals surface area contributed by atoms with Gasteiger partial charge in [0.2, 0.25) is 0 Å². The highest BCUT2D eigenvalue weighted by Crippen LogP contribution is 2.34. The van der Waals surface area contributed by atoms with Crippen LogP contribution in [0.5, 0.6) is 0 Å². The zero-order chi connectivity index (χ0) is 9.26. The molecule has 0 aromatic carbocycles. The van der Waals surface area contributed by atoms with E-state index in [1.807, 2.05) is 11.4 Å². The predicted octanol–water partition coefficient (Wildman–Crippen LogP) is 3.02. The van der Waals surface area contributed by atoms with Gasteiger partial charge >= 0.3 is 0 Å². The van der Waals surface area contributed by atoms with Crippen LogP contribution in [0.3, 0.4) is 0 Å². The molecule has 2 nitrogen and oxygen atoms in total. The third-order valence-electron chi connectivity index (χ3n) is 1.56. The molecule has 0 fully saturated rings. The van der Waals surface area contributed by atoms with Crippen molar-refractivity contribution in [2.24, 2.45) is 0 Å². The van der Waals surface area contributed by atoms with Crippen LogP contribution in [-0.4, -0.2) is 10.1 Å². The summed E-state index contributed by atoms with van der Waals surface area (Å²) >= 11 is 8.90. The van der Waals surface area contributed by atoms with Crippen LogP contribution < -0.4 is 0 Å². The summed E-state index contributed by atoms with van der Waals surface area (Å²) in [4.78, 5) is 5.03. The van der Waals surface area contributed by atoms with Crippen LogP contribution in [0.15, 0.2) is 17.6 Å². The Morgan fingerprint density at radius 2 is 2.38 bits per heavy atom. The lowest BCUT2D eigenvalue weighted by Gasteiger charge is -1.89. The molecule has 2 heterocycles. The summed E-state index contributed by atoms with van der Waals surface area (Å²) in [6.07, 6.45) is 1.67. The number of thiazole rings is 1. The summed E-state index contributed by atoms with van der Waals surface area (Å²) in [5.41, 5.74) is 0.955. The van der Waals surface area contributed by atoms with Crippen LogP contribution in [0.4, 0.5) is 0 Å². The molecule has 0 atom stereocenters. The van der Waals surface area contributed by atoms with Gasteiger partial charge in [-0.15, -0.1) is 22.7 Å². The molecule has 2 aromatic rings. The molecule has 68 valence electrons. The SMILES string of the molecule is OCc1cnc(-c2ccsc2Cl)s1. The maximum Gasteiger partial charge on any atom is 0.125 e. The number of hydrogen-bond acceptors (Lipinski definition) is 4. The molecule has 0 spiro atoms. The zero-order valence-electron chi connectivity index (χ0n) is 6.53. The average molecular weight is 232 g/mol. The Hall–Kier alpha value is -0.420. The molecule has 0 aliphatic heterocycles. The lowest BCUT2D eigenvalue weighted by Crippen LogP contribution is -1.70. The number of aromatic nitrogens is 1. The molecular formula is C8H6ClNOS2. The van der Waals surface area contributed by atoms with Crippen LogP contribution >= 0.6 is 34.3 Å². The second-order valence-electron chi connectivity index (χ2n) is 2.40. The van der Waals surface area contributed by atoms with Crippen molar-refractivity contribution < 1.29 is 5.11 Å². The molecule has 0 bridgehead atoms. The summed E-state index contributed by atoms with van der Waals surface area (Å²) in [5.74, 6) is 0. The maximum atomic E-state index is 8.86. The normalized spacial score (nSPS) is 10.6. The molecule has 0 aliphatic rings. The third kappa shape index (κ3) is 1.76. The molecule has 2 rings (SSSR count). The average Bonchev–Trinajstić information content (AvgIpc) is 2.71. The van der Waals surface area contributed by atoms with Gasteiger partial charge in [0.25, 0.3) is 0 Å². The first-order valence-corrected chi connectivity index (χ1v) is 5.67. The van der Waals surface area contributed by atoms with E-state index in [0.29, 0.717) is 0 Å². The topological polar surface area (TPSA) is 33.1 Å². The van der Waals surface area contributed by atoms with Crippen molar-refractivity contribution >= 4 is 34.3 Å². The van der Waals surface area contributed by atoms with Crippen LogP contribution in [0.1, 0.15) is 4.88 Å². The van der Waals surface area contributed by atoms with E-state index < -0.39 is 0 Å². The van der Waals surface area contributed by atoms with E-state index in [0.717, 1.165) is 19.8 Å². The van der Waals surface area contributed by atoms with E-state index in [9.17, 15) is 0 Å². The lowest BCUT2D eigenvalue weighted by molar-refractivity contribution is 0.285. The minimum absolute atomic E-state index is 0.0411. The molecule has 0 unspecified atom stereocenters. The Morgan fingerprint density at radius 1 is 1.54 bits per heavy atom. The van der Waals surface area contributed by atoms with Gasteiger partial charge in [-0.3, -0.25) is 0 Å². The molecule has 5 heteroatoms. The van der Waals surface area contributed by atoms with Gasteiger partial charge in [0.1, 0.15) is 9.34 Å². The maximum absolute atomic E-state index is 8.86. The van der Waals surface area contributed by atoms with Gasteiger partial charge in [-0.2, -0.15) is 0 Å². The summed E-state index contributed by atoms with van der Waals surface area (Å²) < 4.78 is 0.749. The van der Waals surface area contributed by atoms with Gasteiger partial charge < -0.3 is 5.11 Å². The first-order valence-electron chi connectivity index (χ1n) is 3.60. The quantitative estimate of drug-likeness (QED) is 0.862. The van der Waals surface area contributed by atoms with Crippen LogP contribution in [0, 0.1) is 0 Å². The molecule has 2 aromatic heterocycles. The zero-order valence-corrected chi connectivity index (χ0v) is 8.92. The van der Waals surface area contributed by atoms with Gasteiger partial charge in [0.05, 0.1) is 11.5 Å². The van der Waals surface area contributed by atoms with Crippen LogP contribution in [0.25, 0.3) is 10.6 Å². The Bertz CT molecular complexity index is 410. The molecule has 0 saturated carbocycles. The second kappa shape index (κ2) is 3.75. The van der Waals surface area contributed by atoms with E-state index in [1.165, 1.54) is 22.7 Å². The van der Waals surface area contributed by atoms with Gasteiger partial charge in [0.15, 0.2) is 0 Å². The highest BCUT2D eigenvalue weighted by Gasteiger charge is 2.08. The van der Waals surface area contributed by atoms with Crippen molar-refractivity contribution in [2.45, 2.75) is 6.61 Å². The molecule has 13 heavy (non-hydrogen) atoms. The fraction of sp³-hybridized carbons (Fsp3) is 0.125. The van der Waals surface area contributed by atoms with Crippen LogP contribution in [-0.2, 0) is 6.61 Å². The van der Waals surface area contributed by atoms with Gasteiger partial charge in [-0.1, -0.05) is 11.6 Å². The molecule has 0 radical (unpaired) electrons. The van der Waals surface area contributed by atoms with E-state index in [4.69, 9.17) is 16.7 Å². The van der Waals surface area contributed by atoms with E-state index >= 15 is 0 Å². The van der Waals surface area contributed by atoms with E-state index in [2.05, 4.69) is 4.98 Å². The van der Waals surface area contributed by atoms with Crippen molar-refractivity contribution in [3.05, 3.63) is 26.9 Å². The lowest BCUT2D eigenvalue weighted by atomic mass is 10.4. The van der Waals surface area contributed by atoms with Gasteiger partial charge in [-0.25, -0.2) is 4.98 Å². The number of thiophene rings is 1. The Labute approximate surface area is 88.5 Å². The molecular weight excluding hydrogens is 226 g/mol. The Balaban J connectivity index is 2.41. The van der Waals surface area contributed by atoms with Gasteiger partial charge in [0, 0.05) is 11.8 Å². The molecule has 0 aliphatic carbocycles. The largest absolute Gasteiger partial charge is 0.391 e. The Kier molecular flexibility index (Phi) is 2.64. The minimum atomic E-state index is 0.0411. The van der Waals surface area contributed by atoms with E-state index in [1.54, 1.807) is 6.20 Å². The number of hydrogen-bond donors (Lipinski definition) is 1. The summed E-state index contributed by atoms with van der Waals surface area (Å²) in [5, 5.41) is 11.7. The van der Waals surface area contributed by atoms with Crippen molar-refractivity contribution in [3.63, 3.8) is 0 Å². The number of nitrogens with zero attached hydrogens (tertiary/aromatic N) is 1. The molecule has 0 saturated heterocycles. The Morgan fingerprint density at radius 3 is 2.92 bits per heavy atom. The fourth-order valence-corrected chi connectivity index (χ4v) is 2.80. The summed E-state index contributed by atoms with van der Waals surface area (Å²) in [6.45, 7) is 0.0411. The first-order chi connectivity index (χ1) is 6.31. The number of halogens is 1.